The highest BCUT2D eigenvalue weighted by Gasteiger charge is 2.14. The van der Waals surface area contributed by atoms with Crippen LogP contribution in [0.2, 0.25) is 0 Å². The first kappa shape index (κ1) is 19.0. The average Bonchev–Trinajstić information content (AvgIpc) is 2.75. The van der Waals surface area contributed by atoms with Crippen molar-refractivity contribution in [2.24, 2.45) is 0 Å². The van der Waals surface area contributed by atoms with Gasteiger partial charge in [-0.15, -0.1) is 0 Å². The van der Waals surface area contributed by atoms with Crippen LogP contribution in [0.25, 0.3) is 16.6 Å². The number of nitrogens with zero attached hydrogens (tertiary/aromatic N) is 2. The fourth-order valence-corrected chi connectivity index (χ4v) is 3.88. The van der Waals surface area contributed by atoms with Gasteiger partial charge in [0.25, 0.3) is 5.56 Å². The number of aromatic nitrogens is 2. The second-order valence-corrected chi connectivity index (χ2v) is 7.40. The van der Waals surface area contributed by atoms with Gasteiger partial charge < -0.3 is 9.52 Å². The van der Waals surface area contributed by atoms with Crippen molar-refractivity contribution in [2.45, 2.75) is 24.3 Å². The van der Waals surface area contributed by atoms with Crippen molar-refractivity contribution in [2.75, 3.05) is 0 Å². The first-order chi connectivity index (χ1) is 14.1. The number of rotatable bonds is 5. The molecular formula is C22H18N2O4S. The molecule has 29 heavy (non-hydrogen) atoms. The predicted molar refractivity (Wildman–Crippen MR) is 113 cm³/mol. The van der Waals surface area contributed by atoms with E-state index in [1.54, 1.807) is 16.7 Å². The Morgan fingerprint density at radius 2 is 1.86 bits per heavy atom. The maximum Gasteiger partial charge on any atom is 0.266 e. The molecule has 4 aromatic rings. The molecule has 146 valence electrons. The largest absolute Gasteiger partial charge is 0.502 e. The topological polar surface area (TPSA) is 85.3 Å². The quantitative estimate of drug-likeness (QED) is 0.400. The van der Waals surface area contributed by atoms with Crippen LogP contribution < -0.4 is 11.0 Å². The van der Waals surface area contributed by atoms with E-state index in [9.17, 15) is 14.7 Å². The van der Waals surface area contributed by atoms with E-state index in [4.69, 9.17) is 4.42 Å². The van der Waals surface area contributed by atoms with Gasteiger partial charge in [-0.25, -0.2) is 4.98 Å². The smallest absolute Gasteiger partial charge is 0.266 e. The number of hydrogen-bond donors (Lipinski definition) is 1. The van der Waals surface area contributed by atoms with Crippen LogP contribution in [0.5, 0.6) is 5.75 Å². The molecule has 0 saturated carbocycles. The third-order valence-electron chi connectivity index (χ3n) is 4.56. The Labute approximate surface area is 170 Å². The molecule has 0 atom stereocenters. The van der Waals surface area contributed by atoms with Gasteiger partial charge in [-0.3, -0.25) is 14.2 Å². The molecule has 7 heteroatoms. The van der Waals surface area contributed by atoms with Crippen LogP contribution in [0.3, 0.4) is 0 Å². The third-order valence-corrected chi connectivity index (χ3v) is 5.52. The van der Waals surface area contributed by atoms with Crippen LogP contribution >= 0.6 is 11.8 Å². The Hall–Kier alpha value is -3.32. The first-order valence-corrected chi connectivity index (χ1v) is 10.1. The molecule has 1 N–H and O–H groups in total. The molecule has 0 aliphatic heterocycles. The molecule has 0 aliphatic carbocycles. The summed E-state index contributed by atoms with van der Waals surface area (Å²) < 4.78 is 6.84. The van der Waals surface area contributed by atoms with E-state index < -0.39 is 11.2 Å². The molecule has 2 aromatic heterocycles. The highest BCUT2D eigenvalue weighted by molar-refractivity contribution is 7.98. The number of hydrogen-bond acceptors (Lipinski definition) is 6. The molecule has 6 nitrogen and oxygen atoms in total. The number of benzene rings is 2. The maximum absolute atomic E-state index is 13.2. The lowest BCUT2D eigenvalue weighted by Gasteiger charge is -2.13. The van der Waals surface area contributed by atoms with Crippen molar-refractivity contribution < 1.29 is 9.52 Å². The lowest BCUT2D eigenvalue weighted by molar-refractivity contribution is 0.419. The number of aromatic hydroxyl groups is 1. The molecule has 0 aliphatic rings. The second kappa shape index (κ2) is 7.97. The SMILES string of the molecule is CCc1ccc(-n2c(SCc3cc(=O)c(O)co3)nc3ccccc3c2=O)cc1. The predicted octanol–water partition coefficient (Wildman–Crippen LogP) is 3.90. The Balaban J connectivity index is 1.81. The van der Waals surface area contributed by atoms with E-state index in [2.05, 4.69) is 11.9 Å². The van der Waals surface area contributed by atoms with Crippen molar-refractivity contribution in [1.29, 1.82) is 0 Å². The maximum atomic E-state index is 13.2. The minimum Gasteiger partial charge on any atom is -0.502 e. The van der Waals surface area contributed by atoms with Crippen molar-refractivity contribution >= 4 is 22.7 Å². The molecule has 2 aromatic carbocycles. The summed E-state index contributed by atoms with van der Waals surface area (Å²) in [5, 5.41) is 10.4. The van der Waals surface area contributed by atoms with Crippen LogP contribution in [0.15, 0.2) is 80.0 Å². The van der Waals surface area contributed by atoms with Gasteiger partial charge in [0.15, 0.2) is 10.9 Å². The zero-order valence-electron chi connectivity index (χ0n) is 15.7. The van der Waals surface area contributed by atoms with Crippen molar-refractivity contribution in [3.8, 4) is 11.4 Å². The van der Waals surface area contributed by atoms with E-state index in [1.807, 2.05) is 36.4 Å². The monoisotopic (exact) mass is 406 g/mol. The number of aryl methyl sites for hydroxylation is 1. The van der Waals surface area contributed by atoms with E-state index in [0.29, 0.717) is 21.8 Å². The number of thioether (sulfide) groups is 1. The summed E-state index contributed by atoms with van der Waals surface area (Å²) in [6, 6.07) is 16.2. The molecule has 0 unspecified atom stereocenters. The fourth-order valence-electron chi connectivity index (χ4n) is 2.97. The Morgan fingerprint density at radius 3 is 2.59 bits per heavy atom. The highest BCUT2D eigenvalue weighted by Crippen LogP contribution is 2.25. The molecule has 0 saturated heterocycles. The van der Waals surface area contributed by atoms with Crippen molar-refractivity contribution in [3.63, 3.8) is 0 Å². The molecule has 2 heterocycles. The summed E-state index contributed by atoms with van der Waals surface area (Å²) in [7, 11) is 0. The van der Waals surface area contributed by atoms with E-state index >= 15 is 0 Å². The zero-order chi connectivity index (χ0) is 20.4. The van der Waals surface area contributed by atoms with Crippen LogP contribution in [0.1, 0.15) is 18.2 Å². The number of para-hydroxylation sites is 1. The Morgan fingerprint density at radius 1 is 1.10 bits per heavy atom. The first-order valence-electron chi connectivity index (χ1n) is 9.11. The van der Waals surface area contributed by atoms with Gasteiger partial charge in [0.05, 0.1) is 22.3 Å². The van der Waals surface area contributed by atoms with E-state index in [1.165, 1.54) is 23.4 Å². The van der Waals surface area contributed by atoms with Gasteiger partial charge in [0, 0.05) is 6.07 Å². The second-order valence-electron chi connectivity index (χ2n) is 6.46. The Bertz CT molecular complexity index is 1290. The standard InChI is InChI=1S/C22H18N2O4S/c1-2-14-7-9-15(10-8-14)24-21(27)17-5-3-4-6-18(17)23-22(24)29-13-16-11-19(25)20(26)12-28-16/h3-12,26H,2,13H2,1H3. The summed E-state index contributed by atoms with van der Waals surface area (Å²) in [5.74, 6) is 0.233. The molecule has 0 amide bonds. The minimum absolute atomic E-state index is 0.158. The van der Waals surface area contributed by atoms with Gasteiger partial charge >= 0.3 is 0 Å². The molecule has 0 bridgehead atoms. The van der Waals surface area contributed by atoms with Crippen molar-refractivity contribution in [3.05, 3.63) is 92.8 Å². The Kier molecular flexibility index (Phi) is 5.22. The summed E-state index contributed by atoms with van der Waals surface area (Å²) >= 11 is 1.29. The van der Waals surface area contributed by atoms with Crippen LogP contribution in [0.4, 0.5) is 0 Å². The molecular weight excluding hydrogens is 388 g/mol. The zero-order valence-corrected chi connectivity index (χ0v) is 16.5. The van der Waals surface area contributed by atoms with Gasteiger partial charge in [0.1, 0.15) is 12.0 Å². The van der Waals surface area contributed by atoms with Crippen LogP contribution in [-0.2, 0) is 12.2 Å². The average molecular weight is 406 g/mol. The van der Waals surface area contributed by atoms with Gasteiger partial charge in [-0.05, 0) is 36.2 Å². The number of fused-ring (bicyclic) bond motifs is 1. The van der Waals surface area contributed by atoms with Gasteiger partial charge in [-0.1, -0.05) is 43.0 Å². The fraction of sp³-hybridized carbons (Fsp3) is 0.136. The van der Waals surface area contributed by atoms with Crippen LogP contribution in [0, 0.1) is 0 Å². The summed E-state index contributed by atoms with van der Waals surface area (Å²) in [5.41, 5.74) is 1.84. The lowest BCUT2D eigenvalue weighted by Crippen LogP contribution is -2.21. The minimum atomic E-state index is -0.508. The molecule has 4 rings (SSSR count). The van der Waals surface area contributed by atoms with Crippen molar-refractivity contribution in [1.82, 2.24) is 9.55 Å². The van der Waals surface area contributed by atoms with Crippen LogP contribution in [-0.4, -0.2) is 14.7 Å². The van der Waals surface area contributed by atoms with E-state index in [0.717, 1.165) is 18.4 Å². The highest BCUT2D eigenvalue weighted by atomic mass is 32.2. The summed E-state index contributed by atoms with van der Waals surface area (Å²) in [6.07, 6.45) is 1.93. The molecule has 0 fully saturated rings. The van der Waals surface area contributed by atoms with E-state index in [-0.39, 0.29) is 11.3 Å². The summed E-state index contributed by atoms with van der Waals surface area (Å²) in [6.45, 7) is 2.07. The van der Waals surface area contributed by atoms with Gasteiger partial charge in [0.2, 0.25) is 5.43 Å². The summed E-state index contributed by atoms with van der Waals surface area (Å²) in [4.78, 5) is 29.5. The molecule has 0 radical (unpaired) electrons. The van der Waals surface area contributed by atoms with Gasteiger partial charge in [-0.2, -0.15) is 0 Å². The molecule has 0 spiro atoms. The lowest BCUT2D eigenvalue weighted by atomic mass is 10.1. The third kappa shape index (κ3) is 3.82. The normalized spacial score (nSPS) is 11.1.